The summed E-state index contributed by atoms with van der Waals surface area (Å²) >= 11 is 1.07. The van der Waals surface area contributed by atoms with Gasteiger partial charge in [0.15, 0.2) is 0 Å². The number of carbonyl (C=O) groups is 1. The van der Waals surface area contributed by atoms with Crippen LogP contribution < -0.4 is 10.1 Å². The van der Waals surface area contributed by atoms with Gasteiger partial charge in [-0.05, 0) is 24.3 Å². The number of aliphatic hydroxyl groups is 1. The van der Waals surface area contributed by atoms with E-state index in [1.165, 1.54) is 17.5 Å². The van der Waals surface area contributed by atoms with E-state index >= 15 is 0 Å². The minimum absolute atomic E-state index is 0.00313. The second-order valence-electron chi connectivity index (χ2n) is 6.10. The predicted molar refractivity (Wildman–Crippen MR) is 103 cm³/mol. The molecule has 0 aliphatic heterocycles. The lowest BCUT2D eigenvalue weighted by Gasteiger charge is -2.12. The first-order valence-electron chi connectivity index (χ1n) is 8.60. The summed E-state index contributed by atoms with van der Waals surface area (Å²) in [6.07, 6.45) is -5.38. The van der Waals surface area contributed by atoms with Crippen LogP contribution in [0.15, 0.2) is 60.0 Å². The number of ether oxygens (including phenoxy) is 1. The Kier molecular flexibility index (Phi) is 6.50. The largest absolute Gasteiger partial charge is 0.491 e. The van der Waals surface area contributed by atoms with Gasteiger partial charge in [0.1, 0.15) is 29.2 Å². The van der Waals surface area contributed by atoms with E-state index in [0.29, 0.717) is 10.8 Å². The molecular weight excluding hydrogens is 405 g/mol. The highest BCUT2D eigenvalue weighted by Crippen LogP contribution is 2.33. The molecule has 0 saturated carbocycles. The molecule has 3 aromatic rings. The average Bonchev–Trinajstić information content (AvgIpc) is 3.21. The van der Waals surface area contributed by atoms with E-state index in [4.69, 9.17) is 4.74 Å². The van der Waals surface area contributed by atoms with Crippen molar-refractivity contribution in [3.8, 4) is 16.3 Å². The lowest BCUT2D eigenvalue weighted by atomic mass is 10.1. The van der Waals surface area contributed by atoms with Crippen LogP contribution in [0.25, 0.3) is 10.6 Å². The van der Waals surface area contributed by atoms with Crippen molar-refractivity contribution in [2.24, 2.45) is 0 Å². The molecule has 0 saturated heterocycles. The number of nitrogens with one attached hydrogen (secondary N) is 1. The number of alkyl halides is 3. The molecule has 152 valence electrons. The molecule has 3 rings (SSSR count). The van der Waals surface area contributed by atoms with E-state index in [2.05, 4.69) is 10.3 Å². The minimum Gasteiger partial charge on any atom is -0.491 e. The van der Waals surface area contributed by atoms with Gasteiger partial charge in [-0.15, -0.1) is 11.3 Å². The van der Waals surface area contributed by atoms with Crippen LogP contribution in [0, 0.1) is 0 Å². The molecule has 2 N–H and O–H groups in total. The first-order valence-corrected chi connectivity index (χ1v) is 9.48. The lowest BCUT2D eigenvalue weighted by molar-refractivity contribution is -0.137. The molecule has 1 unspecified atom stereocenters. The Morgan fingerprint density at radius 3 is 2.66 bits per heavy atom. The SMILES string of the molecule is O=C(NCC(O)COc1ccccc1)c1csc(-c2cccc(C(F)(F)F)c2)n1. The number of carbonyl (C=O) groups excluding carboxylic acids is 1. The smallest absolute Gasteiger partial charge is 0.416 e. The lowest BCUT2D eigenvalue weighted by Crippen LogP contribution is -2.35. The van der Waals surface area contributed by atoms with Gasteiger partial charge in [-0.1, -0.05) is 30.3 Å². The summed E-state index contributed by atoms with van der Waals surface area (Å²) < 4.78 is 43.9. The molecule has 5 nitrogen and oxygen atoms in total. The molecule has 1 amide bonds. The second-order valence-corrected chi connectivity index (χ2v) is 6.96. The van der Waals surface area contributed by atoms with E-state index in [-0.39, 0.29) is 24.4 Å². The van der Waals surface area contributed by atoms with Gasteiger partial charge in [0, 0.05) is 17.5 Å². The fourth-order valence-electron chi connectivity index (χ4n) is 2.41. The molecular formula is C20H17F3N2O3S. The van der Waals surface area contributed by atoms with E-state index in [1.54, 1.807) is 24.3 Å². The van der Waals surface area contributed by atoms with E-state index < -0.39 is 23.8 Å². The number of aromatic nitrogens is 1. The molecule has 1 heterocycles. The minimum atomic E-state index is -4.45. The number of hydrogen-bond donors (Lipinski definition) is 2. The molecule has 0 aliphatic rings. The van der Waals surface area contributed by atoms with Gasteiger partial charge < -0.3 is 15.2 Å². The zero-order valence-electron chi connectivity index (χ0n) is 15.0. The van der Waals surface area contributed by atoms with Crippen LogP contribution in [0.3, 0.4) is 0 Å². The maximum atomic E-state index is 12.8. The number of nitrogens with zero attached hydrogens (tertiary/aromatic N) is 1. The van der Waals surface area contributed by atoms with Crippen molar-refractivity contribution in [3.05, 3.63) is 71.2 Å². The van der Waals surface area contributed by atoms with Gasteiger partial charge in [0.25, 0.3) is 5.91 Å². The van der Waals surface area contributed by atoms with Crippen LogP contribution in [0.4, 0.5) is 13.2 Å². The Bertz CT molecular complexity index is 961. The topological polar surface area (TPSA) is 71.5 Å². The maximum Gasteiger partial charge on any atom is 0.416 e. The third-order valence-corrected chi connectivity index (χ3v) is 4.75. The van der Waals surface area contributed by atoms with Crippen molar-refractivity contribution in [1.82, 2.24) is 10.3 Å². The van der Waals surface area contributed by atoms with Crippen LogP contribution in [-0.2, 0) is 6.18 Å². The summed E-state index contributed by atoms with van der Waals surface area (Å²) in [4.78, 5) is 16.3. The van der Waals surface area contributed by atoms with Crippen molar-refractivity contribution < 1.29 is 27.8 Å². The fraction of sp³-hybridized carbons (Fsp3) is 0.200. The quantitative estimate of drug-likeness (QED) is 0.604. The number of rotatable bonds is 7. The molecule has 1 aromatic heterocycles. The van der Waals surface area contributed by atoms with E-state index in [9.17, 15) is 23.1 Å². The highest BCUT2D eigenvalue weighted by atomic mass is 32.1. The van der Waals surface area contributed by atoms with Crippen LogP contribution in [-0.4, -0.2) is 35.3 Å². The van der Waals surface area contributed by atoms with Crippen molar-refractivity contribution in [2.75, 3.05) is 13.2 Å². The number of halogens is 3. The number of aliphatic hydroxyl groups excluding tert-OH is 1. The van der Waals surface area contributed by atoms with Gasteiger partial charge in [0.2, 0.25) is 0 Å². The zero-order chi connectivity index (χ0) is 20.9. The number of thiazole rings is 1. The van der Waals surface area contributed by atoms with Crippen molar-refractivity contribution in [2.45, 2.75) is 12.3 Å². The summed E-state index contributed by atoms with van der Waals surface area (Å²) in [6, 6.07) is 13.7. The highest BCUT2D eigenvalue weighted by molar-refractivity contribution is 7.13. The standard InChI is InChI=1S/C20H17F3N2O3S/c21-20(22,23)14-6-4-5-13(9-14)19-25-17(12-29-19)18(27)24-10-15(26)11-28-16-7-2-1-3-8-16/h1-9,12,15,26H,10-11H2,(H,24,27). The molecule has 0 fully saturated rings. The number of benzene rings is 2. The summed E-state index contributed by atoms with van der Waals surface area (Å²) in [6.45, 7) is -0.0566. The van der Waals surface area contributed by atoms with Gasteiger partial charge >= 0.3 is 6.18 Å². The van der Waals surface area contributed by atoms with Crippen LogP contribution >= 0.6 is 11.3 Å². The monoisotopic (exact) mass is 422 g/mol. The molecule has 0 aliphatic carbocycles. The van der Waals surface area contributed by atoms with Crippen molar-refractivity contribution in [3.63, 3.8) is 0 Å². The molecule has 0 radical (unpaired) electrons. The number of amides is 1. The summed E-state index contributed by atoms with van der Waals surface area (Å²) in [7, 11) is 0. The highest BCUT2D eigenvalue weighted by Gasteiger charge is 2.30. The number of hydrogen-bond acceptors (Lipinski definition) is 5. The average molecular weight is 422 g/mol. The summed E-state index contributed by atoms with van der Waals surface area (Å²) in [5.41, 5.74) is -0.434. The third-order valence-electron chi connectivity index (χ3n) is 3.86. The third kappa shape index (κ3) is 5.78. The van der Waals surface area contributed by atoms with Crippen molar-refractivity contribution >= 4 is 17.2 Å². The molecule has 9 heteroatoms. The van der Waals surface area contributed by atoms with Crippen LogP contribution in [0.1, 0.15) is 16.1 Å². The first kappa shape index (κ1) is 20.8. The molecule has 2 aromatic carbocycles. The van der Waals surface area contributed by atoms with Gasteiger partial charge in [0.05, 0.1) is 5.56 Å². The first-order chi connectivity index (χ1) is 13.8. The molecule has 0 bridgehead atoms. The number of para-hydroxylation sites is 1. The normalized spacial score (nSPS) is 12.4. The second kappa shape index (κ2) is 9.06. The van der Waals surface area contributed by atoms with E-state index in [1.807, 2.05) is 6.07 Å². The Morgan fingerprint density at radius 2 is 1.93 bits per heavy atom. The van der Waals surface area contributed by atoms with Gasteiger partial charge in [-0.2, -0.15) is 13.2 Å². The predicted octanol–water partition coefficient (Wildman–Crippen LogP) is 4.00. The molecule has 0 spiro atoms. The van der Waals surface area contributed by atoms with Gasteiger partial charge in [-0.25, -0.2) is 4.98 Å². The Balaban J connectivity index is 1.55. The summed E-state index contributed by atoms with van der Waals surface area (Å²) in [5, 5.41) is 14.2. The van der Waals surface area contributed by atoms with E-state index in [0.717, 1.165) is 23.5 Å². The zero-order valence-corrected chi connectivity index (χ0v) is 15.8. The molecule has 29 heavy (non-hydrogen) atoms. The Hall–Kier alpha value is -2.91. The van der Waals surface area contributed by atoms with Crippen molar-refractivity contribution in [1.29, 1.82) is 0 Å². The Morgan fingerprint density at radius 1 is 1.17 bits per heavy atom. The summed E-state index contributed by atoms with van der Waals surface area (Å²) in [5.74, 6) is 0.0707. The Labute approximate surface area is 168 Å². The van der Waals surface area contributed by atoms with Crippen LogP contribution in [0.2, 0.25) is 0 Å². The molecule has 1 atom stereocenters. The van der Waals surface area contributed by atoms with Gasteiger partial charge in [-0.3, -0.25) is 4.79 Å². The fourth-order valence-corrected chi connectivity index (χ4v) is 3.21. The van der Waals surface area contributed by atoms with Crippen LogP contribution in [0.5, 0.6) is 5.75 Å². The maximum absolute atomic E-state index is 12.8.